The van der Waals surface area contributed by atoms with Gasteiger partial charge < -0.3 is 14.8 Å². The lowest BCUT2D eigenvalue weighted by Gasteiger charge is -2.27. The van der Waals surface area contributed by atoms with Crippen LogP contribution in [0.4, 0.5) is 5.69 Å². The molecule has 0 amide bonds. The second-order valence-corrected chi connectivity index (χ2v) is 5.83. The molecule has 1 atom stereocenters. The number of benzene rings is 2. The van der Waals surface area contributed by atoms with Gasteiger partial charge in [0, 0.05) is 23.5 Å². The largest absolute Gasteiger partial charge is 0.497 e. The highest BCUT2D eigenvalue weighted by molar-refractivity contribution is 5.82. The highest BCUT2D eigenvalue weighted by Gasteiger charge is 2.26. The van der Waals surface area contributed by atoms with Gasteiger partial charge in [0.15, 0.2) is 0 Å². The van der Waals surface area contributed by atoms with Crippen LogP contribution in [0.2, 0.25) is 0 Å². The van der Waals surface area contributed by atoms with Crippen molar-refractivity contribution in [2.75, 3.05) is 26.1 Å². The summed E-state index contributed by atoms with van der Waals surface area (Å²) in [6, 6.07) is 14.6. The van der Waals surface area contributed by atoms with Crippen molar-refractivity contribution in [1.29, 1.82) is 0 Å². The van der Waals surface area contributed by atoms with Crippen LogP contribution in [0.5, 0.6) is 11.8 Å². The summed E-state index contributed by atoms with van der Waals surface area (Å²) in [4.78, 5) is 9.16. The fourth-order valence-electron chi connectivity index (χ4n) is 3.34. The first-order valence-electron chi connectivity index (χ1n) is 8.02. The molecule has 3 aromatic rings. The summed E-state index contributed by atoms with van der Waals surface area (Å²) in [7, 11) is 3.30. The van der Waals surface area contributed by atoms with Crippen LogP contribution in [-0.2, 0) is 0 Å². The molecule has 1 aliphatic heterocycles. The number of rotatable bonds is 3. The summed E-state index contributed by atoms with van der Waals surface area (Å²) in [5.74, 6) is 1.03. The van der Waals surface area contributed by atoms with Gasteiger partial charge in [-0.05, 0) is 36.2 Å². The van der Waals surface area contributed by atoms with Crippen LogP contribution in [0.15, 0.2) is 42.5 Å². The van der Waals surface area contributed by atoms with Crippen molar-refractivity contribution in [3.8, 4) is 11.8 Å². The lowest BCUT2D eigenvalue weighted by Crippen LogP contribution is -2.19. The van der Waals surface area contributed by atoms with Crippen LogP contribution in [0.25, 0.3) is 10.9 Å². The molecule has 1 aliphatic rings. The van der Waals surface area contributed by atoms with Gasteiger partial charge in [-0.1, -0.05) is 18.2 Å². The van der Waals surface area contributed by atoms with E-state index in [0.717, 1.165) is 41.0 Å². The molecule has 0 spiro atoms. The Kier molecular flexibility index (Phi) is 3.69. The van der Waals surface area contributed by atoms with Gasteiger partial charge >= 0.3 is 6.01 Å². The summed E-state index contributed by atoms with van der Waals surface area (Å²) >= 11 is 0. The molecule has 1 unspecified atom stereocenters. The molecule has 1 aromatic heterocycles. The lowest BCUT2D eigenvalue weighted by atomic mass is 9.86. The third-order valence-electron chi connectivity index (χ3n) is 4.51. The van der Waals surface area contributed by atoms with E-state index in [1.807, 2.05) is 24.3 Å². The Hall–Kier alpha value is -2.82. The van der Waals surface area contributed by atoms with Gasteiger partial charge in [-0.25, -0.2) is 0 Å². The molecular weight excluding hydrogens is 302 g/mol. The molecule has 122 valence electrons. The number of fused-ring (bicyclic) bond motifs is 2. The summed E-state index contributed by atoms with van der Waals surface area (Å²) in [5.41, 5.74) is 4.25. The van der Waals surface area contributed by atoms with Crippen molar-refractivity contribution in [1.82, 2.24) is 9.97 Å². The normalized spacial score (nSPS) is 16.3. The van der Waals surface area contributed by atoms with Crippen molar-refractivity contribution in [2.24, 2.45) is 0 Å². The highest BCUT2D eigenvalue weighted by Crippen LogP contribution is 2.40. The van der Waals surface area contributed by atoms with E-state index in [1.165, 1.54) is 5.56 Å². The topological polar surface area (TPSA) is 56.3 Å². The molecule has 5 heteroatoms. The van der Waals surface area contributed by atoms with Gasteiger partial charge in [0.05, 0.1) is 25.4 Å². The first-order valence-corrected chi connectivity index (χ1v) is 8.02. The maximum Gasteiger partial charge on any atom is 0.316 e. The zero-order valence-electron chi connectivity index (χ0n) is 13.7. The first kappa shape index (κ1) is 14.8. The standard InChI is InChI=1S/C19H19N3O2/c1-23-12-7-8-16-15(11-12)13(9-10-20-16)18-14-5-3-4-6-17(14)21-19(22-18)24-2/h3-8,11,13,20H,9-10H2,1-2H3. The molecular formula is C19H19N3O2. The number of hydrogen-bond donors (Lipinski definition) is 1. The summed E-state index contributed by atoms with van der Waals surface area (Å²) < 4.78 is 10.7. The number of aromatic nitrogens is 2. The minimum atomic E-state index is 0.179. The Morgan fingerprint density at radius 1 is 1.04 bits per heavy atom. The summed E-state index contributed by atoms with van der Waals surface area (Å²) in [6.45, 7) is 0.907. The number of hydrogen-bond acceptors (Lipinski definition) is 5. The van der Waals surface area contributed by atoms with Gasteiger partial charge in [-0.15, -0.1) is 0 Å². The monoisotopic (exact) mass is 321 g/mol. The molecule has 0 radical (unpaired) electrons. The number of ether oxygens (including phenoxy) is 2. The number of para-hydroxylation sites is 1. The lowest BCUT2D eigenvalue weighted by molar-refractivity contribution is 0.379. The van der Waals surface area contributed by atoms with E-state index in [-0.39, 0.29) is 5.92 Å². The molecule has 0 aliphatic carbocycles. The molecule has 0 bridgehead atoms. The number of methoxy groups -OCH3 is 2. The maximum absolute atomic E-state index is 5.41. The van der Waals surface area contributed by atoms with E-state index in [0.29, 0.717) is 6.01 Å². The average Bonchev–Trinajstić information content (AvgIpc) is 2.66. The Morgan fingerprint density at radius 3 is 2.75 bits per heavy atom. The minimum Gasteiger partial charge on any atom is -0.497 e. The molecule has 0 saturated heterocycles. The molecule has 5 nitrogen and oxygen atoms in total. The number of nitrogens with zero attached hydrogens (tertiary/aromatic N) is 2. The minimum absolute atomic E-state index is 0.179. The summed E-state index contributed by atoms with van der Waals surface area (Å²) in [5, 5.41) is 4.53. The zero-order valence-corrected chi connectivity index (χ0v) is 13.7. The smallest absolute Gasteiger partial charge is 0.316 e. The van der Waals surface area contributed by atoms with Crippen molar-refractivity contribution in [3.63, 3.8) is 0 Å². The molecule has 0 fully saturated rings. The van der Waals surface area contributed by atoms with Crippen molar-refractivity contribution in [3.05, 3.63) is 53.7 Å². The van der Waals surface area contributed by atoms with E-state index in [9.17, 15) is 0 Å². The van der Waals surface area contributed by atoms with E-state index in [4.69, 9.17) is 14.5 Å². The SMILES string of the molecule is COc1ccc2c(c1)C(c1nc(OC)nc3ccccc13)CCN2. The van der Waals surface area contributed by atoms with Crippen LogP contribution in [-0.4, -0.2) is 30.7 Å². The van der Waals surface area contributed by atoms with Crippen LogP contribution >= 0.6 is 0 Å². The number of nitrogens with one attached hydrogen (secondary N) is 1. The number of anilines is 1. The third-order valence-corrected chi connectivity index (χ3v) is 4.51. The van der Waals surface area contributed by atoms with E-state index in [2.05, 4.69) is 28.5 Å². The molecule has 0 saturated carbocycles. The molecule has 2 heterocycles. The van der Waals surface area contributed by atoms with Crippen LogP contribution < -0.4 is 14.8 Å². The Morgan fingerprint density at radius 2 is 1.92 bits per heavy atom. The third kappa shape index (κ3) is 2.42. The van der Waals surface area contributed by atoms with Crippen LogP contribution in [0.3, 0.4) is 0 Å². The second kappa shape index (κ2) is 6.00. The molecule has 1 N–H and O–H groups in total. The Bertz CT molecular complexity index is 895. The molecule has 2 aromatic carbocycles. The zero-order chi connectivity index (χ0) is 16.5. The predicted molar refractivity (Wildman–Crippen MR) is 94.0 cm³/mol. The highest BCUT2D eigenvalue weighted by atomic mass is 16.5. The average molecular weight is 321 g/mol. The van der Waals surface area contributed by atoms with Crippen molar-refractivity contribution in [2.45, 2.75) is 12.3 Å². The van der Waals surface area contributed by atoms with Gasteiger partial charge in [-0.3, -0.25) is 0 Å². The Balaban J connectivity index is 1.93. The van der Waals surface area contributed by atoms with Gasteiger partial charge in [0.1, 0.15) is 5.75 Å². The molecule has 4 rings (SSSR count). The fourth-order valence-corrected chi connectivity index (χ4v) is 3.34. The van der Waals surface area contributed by atoms with E-state index < -0.39 is 0 Å². The van der Waals surface area contributed by atoms with E-state index in [1.54, 1.807) is 14.2 Å². The fraction of sp³-hybridized carbons (Fsp3) is 0.263. The molecule has 24 heavy (non-hydrogen) atoms. The maximum atomic E-state index is 5.41. The first-order chi connectivity index (χ1) is 11.8. The quantitative estimate of drug-likeness (QED) is 0.799. The Labute approximate surface area is 140 Å². The van der Waals surface area contributed by atoms with Crippen molar-refractivity contribution < 1.29 is 9.47 Å². The van der Waals surface area contributed by atoms with Gasteiger partial charge in [0.25, 0.3) is 0 Å². The van der Waals surface area contributed by atoms with Crippen molar-refractivity contribution >= 4 is 16.6 Å². The van der Waals surface area contributed by atoms with Gasteiger partial charge in [-0.2, -0.15) is 9.97 Å². The van der Waals surface area contributed by atoms with Crippen LogP contribution in [0.1, 0.15) is 23.6 Å². The van der Waals surface area contributed by atoms with Gasteiger partial charge in [0.2, 0.25) is 0 Å². The predicted octanol–water partition coefficient (Wildman–Crippen LogP) is 3.59. The van der Waals surface area contributed by atoms with Crippen LogP contribution in [0, 0.1) is 0 Å². The second-order valence-electron chi connectivity index (χ2n) is 5.83. The van der Waals surface area contributed by atoms with E-state index >= 15 is 0 Å². The summed E-state index contributed by atoms with van der Waals surface area (Å²) in [6.07, 6.45) is 0.963.